The lowest BCUT2D eigenvalue weighted by Crippen LogP contribution is -2.14. The van der Waals surface area contributed by atoms with Crippen LogP contribution in [0.1, 0.15) is 15.9 Å². The highest BCUT2D eigenvalue weighted by atomic mass is 16.1. The summed E-state index contributed by atoms with van der Waals surface area (Å²) in [6.45, 7) is 0.617. The van der Waals surface area contributed by atoms with Crippen LogP contribution >= 0.6 is 0 Å². The number of nitrogens with two attached hydrogens (primary N) is 1. The fourth-order valence-corrected chi connectivity index (χ4v) is 2.38. The summed E-state index contributed by atoms with van der Waals surface area (Å²) < 4.78 is 0. The van der Waals surface area contributed by atoms with Gasteiger partial charge in [-0.2, -0.15) is 0 Å². The number of benzene rings is 2. The van der Waals surface area contributed by atoms with Gasteiger partial charge in [-0.15, -0.1) is 0 Å². The minimum atomic E-state index is -0.483. The van der Waals surface area contributed by atoms with Crippen LogP contribution in [0.5, 0.6) is 0 Å². The highest BCUT2D eigenvalue weighted by Gasteiger charge is 2.08. The van der Waals surface area contributed by atoms with Crippen molar-refractivity contribution in [2.45, 2.75) is 6.54 Å². The van der Waals surface area contributed by atoms with E-state index in [4.69, 9.17) is 5.73 Å². The maximum atomic E-state index is 11.4. The first-order valence-corrected chi connectivity index (χ1v) is 6.70. The number of primary amides is 1. The van der Waals surface area contributed by atoms with E-state index in [9.17, 15) is 4.79 Å². The van der Waals surface area contributed by atoms with E-state index in [1.54, 1.807) is 12.3 Å². The summed E-state index contributed by atoms with van der Waals surface area (Å²) in [6, 6.07) is 16.2. The summed E-state index contributed by atoms with van der Waals surface area (Å²) in [5, 5.41) is 5.65. The van der Waals surface area contributed by atoms with Crippen LogP contribution in [-0.2, 0) is 6.54 Å². The third kappa shape index (κ3) is 2.69. The van der Waals surface area contributed by atoms with Crippen molar-refractivity contribution in [3.05, 3.63) is 72.1 Å². The molecule has 0 spiro atoms. The fraction of sp³-hybridized carbons (Fsp3) is 0.0588. The lowest BCUT2D eigenvalue weighted by atomic mass is 10.0. The second-order valence-corrected chi connectivity index (χ2v) is 4.78. The number of carbonyl (C=O) groups excluding carboxylic acids is 1. The molecule has 3 N–H and O–H groups in total. The number of pyridine rings is 1. The Bertz CT molecular complexity index is 793. The van der Waals surface area contributed by atoms with Gasteiger partial charge in [0.05, 0.1) is 11.3 Å². The van der Waals surface area contributed by atoms with Crippen molar-refractivity contribution < 1.29 is 4.79 Å². The Morgan fingerprint density at radius 3 is 2.76 bits per heavy atom. The molecular weight excluding hydrogens is 262 g/mol. The highest BCUT2D eigenvalue weighted by molar-refractivity contribution is 5.98. The molecule has 0 aliphatic heterocycles. The molecule has 2 aromatic carbocycles. The molecular formula is C17H15N3O. The molecule has 0 radical (unpaired) electrons. The number of anilines is 1. The zero-order valence-electron chi connectivity index (χ0n) is 11.4. The van der Waals surface area contributed by atoms with Crippen LogP contribution in [0.15, 0.2) is 60.9 Å². The van der Waals surface area contributed by atoms with Crippen LogP contribution in [0.25, 0.3) is 10.8 Å². The number of carbonyl (C=O) groups is 1. The molecule has 0 saturated heterocycles. The lowest BCUT2D eigenvalue weighted by molar-refractivity contribution is 0.100. The maximum absolute atomic E-state index is 11.4. The van der Waals surface area contributed by atoms with Crippen molar-refractivity contribution in [2.24, 2.45) is 5.73 Å². The van der Waals surface area contributed by atoms with Gasteiger partial charge in [0.15, 0.2) is 0 Å². The Hall–Kier alpha value is -2.88. The fourth-order valence-electron chi connectivity index (χ4n) is 2.38. The summed E-state index contributed by atoms with van der Waals surface area (Å²) in [6.07, 6.45) is 3.12. The SMILES string of the molecule is NC(=O)c1cnccc1NCc1cccc2ccccc12. The zero-order chi connectivity index (χ0) is 14.7. The number of amides is 1. The van der Waals surface area contributed by atoms with Gasteiger partial charge in [0.2, 0.25) is 0 Å². The standard InChI is InChI=1S/C17H15N3O/c18-17(21)15-11-19-9-8-16(15)20-10-13-6-3-5-12-4-1-2-7-14(12)13/h1-9,11H,10H2,(H2,18,21)(H,19,20). The molecule has 0 bridgehead atoms. The monoisotopic (exact) mass is 277 g/mol. The smallest absolute Gasteiger partial charge is 0.252 e. The molecule has 1 aromatic heterocycles. The Morgan fingerprint density at radius 1 is 1.10 bits per heavy atom. The predicted octanol–water partition coefficient (Wildman–Crippen LogP) is 2.95. The van der Waals surface area contributed by atoms with Crippen LogP contribution in [-0.4, -0.2) is 10.9 Å². The van der Waals surface area contributed by atoms with E-state index in [1.807, 2.05) is 18.2 Å². The first-order chi connectivity index (χ1) is 10.3. The third-order valence-electron chi connectivity index (χ3n) is 3.44. The number of fused-ring (bicyclic) bond motifs is 1. The summed E-state index contributed by atoms with van der Waals surface area (Å²) in [4.78, 5) is 15.3. The van der Waals surface area contributed by atoms with Crippen LogP contribution in [0.2, 0.25) is 0 Å². The Morgan fingerprint density at radius 2 is 1.90 bits per heavy atom. The van der Waals surface area contributed by atoms with E-state index in [1.165, 1.54) is 22.5 Å². The Labute approximate surface area is 122 Å². The van der Waals surface area contributed by atoms with Crippen molar-refractivity contribution in [1.82, 2.24) is 4.98 Å². The van der Waals surface area contributed by atoms with Crippen molar-refractivity contribution in [2.75, 3.05) is 5.32 Å². The second-order valence-electron chi connectivity index (χ2n) is 4.78. The second kappa shape index (κ2) is 5.63. The van der Waals surface area contributed by atoms with Gasteiger partial charge in [-0.1, -0.05) is 42.5 Å². The van der Waals surface area contributed by atoms with Gasteiger partial charge in [-0.25, -0.2) is 0 Å². The van der Waals surface area contributed by atoms with Gasteiger partial charge in [-0.05, 0) is 22.4 Å². The van der Waals surface area contributed by atoms with Crippen LogP contribution in [0.3, 0.4) is 0 Å². The van der Waals surface area contributed by atoms with Crippen LogP contribution < -0.4 is 11.1 Å². The van der Waals surface area contributed by atoms with E-state index in [2.05, 4.69) is 34.6 Å². The van der Waals surface area contributed by atoms with Crippen molar-refractivity contribution in [3.63, 3.8) is 0 Å². The minimum absolute atomic E-state index is 0.401. The normalized spacial score (nSPS) is 10.5. The summed E-state index contributed by atoms with van der Waals surface area (Å²) in [5.41, 5.74) is 7.62. The molecule has 3 rings (SSSR count). The molecule has 3 aromatic rings. The summed E-state index contributed by atoms with van der Waals surface area (Å²) in [5.74, 6) is -0.483. The van der Waals surface area contributed by atoms with Gasteiger partial charge in [-0.3, -0.25) is 9.78 Å². The molecule has 0 unspecified atom stereocenters. The minimum Gasteiger partial charge on any atom is -0.380 e. The molecule has 0 atom stereocenters. The molecule has 0 saturated carbocycles. The molecule has 4 heteroatoms. The maximum Gasteiger partial charge on any atom is 0.252 e. The highest BCUT2D eigenvalue weighted by Crippen LogP contribution is 2.20. The third-order valence-corrected chi connectivity index (χ3v) is 3.44. The van der Waals surface area contributed by atoms with Crippen LogP contribution in [0.4, 0.5) is 5.69 Å². The first kappa shape index (κ1) is 13.1. The number of hydrogen-bond donors (Lipinski definition) is 2. The van der Waals surface area contributed by atoms with E-state index < -0.39 is 5.91 Å². The van der Waals surface area contributed by atoms with Gasteiger partial charge in [0.25, 0.3) is 5.91 Å². The molecule has 1 amide bonds. The van der Waals surface area contributed by atoms with E-state index >= 15 is 0 Å². The Kier molecular flexibility index (Phi) is 3.51. The Balaban J connectivity index is 1.89. The quantitative estimate of drug-likeness (QED) is 0.770. The molecule has 21 heavy (non-hydrogen) atoms. The summed E-state index contributed by atoms with van der Waals surface area (Å²) in [7, 11) is 0. The topological polar surface area (TPSA) is 68.0 Å². The molecule has 1 heterocycles. The van der Waals surface area contributed by atoms with Crippen molar-refractivity contribution >= 4 is 22.4 Å². The largest absolute Gasteiger partial charge is 0.380 e. The van der Waals surface area contributed by atoms with E-state index in [-0.39, 0.29) is 0 Å². The average Bonchev–Trinajstić information content (AvgIpc) is 2.53. The molecule has 0 aliphatic carbocycles. The van der Waals surface area contributed by atoms with Gasteiger partial charge >= 0.3 is 0 Å². The van der Waals surface area contributed by atoms with Crippen molar-refractivity contribution in [3.8, 4) is 0 Å². The number of nitrogens with one attached hydrogen (secondary N) is 1. The molecule has 0 fully saturated rings. The van der Waals surface area contributed by atoms with Gasteiger partial charge in [0, 0.05) is 18.9 Å². The molecule has 4 nitrogen and oxygen atoms in total. The van der Waals surface area contributed by atoms with E-state index in [0.717, 1.165) is 0 Å². The number of aromatic nitrogens is 1. The zero-order valence-corrected chi connectivity index (χ0v) is 11.4. The van der Waals surface area contributed by atoms with E-state index in [0.29, 0.717) is 17.8 Å². The van der Waals surface area contributed by atoms with Crippen molar-refractivity contribution in [1.29, 1.82) is 0 Å². The number of rotatable bonds is 4. The average molecular weight is 277 g/mol. The molecule has 0 aliphatic rings. The molecule has 104 valence electrons. The van der Waals surface area contributed by atoms with Gasteiger partial charge in [0.1, 0.15) is 0 Å². The van der Waals surface area contributed by atoms with Gasteiger partial charge < -0.3 is 11.1 Å². The number of hydrogen-bond acceptors (Lipinski definition) is 3. The summed E-state index contributed by atoms with van der Waals surface area (Å²) >= 11 is 0. The first-order valence-electron chi connectivity index (χ1n) is 6.70. The lowest BCUT2D eigenvalue weighted by Gasteiger charge is -2.11. The number of nitrogens with zero attached hydrogens (tertiary/aromatic N) is 1. The predicted molar refractivity (Wildman–Crippen MR) is 84.0 cm³/mol. The van der Waals surface area contributed by atoms with Crippen LogP contribution in [0, 0.1) is 0 Å².